The third kappa shape index (κ3) is 3.56. The fraction of sp³-hybridized carbons (Fsp3) is 0.714. The van der Waals surface area contributed by atoms with E-state index < -0.39 is 0 Å². The minimum absolute atomic E-state index is 0.344. The predicted molar refractivity (Wildman–Crippen MR) is 79.3 cm³/mol. The Kier molecular flexibility index (Phi) is 4.58. The molecule has 0 amide bonds. The van der Waals surface area contributed by atoms with Crippen LogP contribution in [0.15, 0.2) is 6.20 Å². The zero-order valence-electron chi connectivity index (χ0n) is 12.3. The topological polar surface area (TPSA) is 58.3 Å². The van der Waals surface area contributed by atoms with Gasteiger partial charge < -0.3 is 15.5 Å². The average Bonchev–Trinajstić information content (AvgIpc) is 2.92. The van der Waals surface area contributed by atoms with E-state index in [0.29, 0.717) is 5.95 Å². The van der Waals surface area contributed by atoms with Crippen LogP contribution < -0.4 is 10.6 Å². The van der Waals surface area contributed by atoms with Crippen molar-refractivity contribution < 1.29 is 0 Å². The van der Waals surface area contributed by atoms with Crippen LogP contribution in [0.25, 0.3) is 0 Å². The quantitative estimate of drug-likeness (QED) is 0.876. The molecule has 1 saturated carbocycles. The van der Waals surface area contributed by atoms with Gasteiger partial charge in [0.25, 0.3) is 0 Å². The van der Waals surface area contributed by atoms with E-state index in [-0.39, 0.29) is 0 Å². The largest absolute Gasteiger partial charge is 0.368 e. The van der Waals surface area contributed by atoms with Crippen LogP contribution in [-0.4, -0.2) is 48.1 Å². The first-order valence-corrected chi connectivity index (χ1v) is 7.08. The number of anilines is 2. The lowest BCUT2D eigenvalue weighted by Crippen LogP contribution is -2.36. The monoisotopic (exact) mass is 263 g/mol. The maximum Gasteiger partial charge on any atom is 0.221 e. The fourth-order valence-corrected chi connectivity index (χ4v) is 2.77. The molecule has 1 aromatic heterocycles. The van der Waals surface area contributed by atoms with Crippen molar-refractivity contribution in [3.63, 3.8) is 0 Å². The lowest BCUT2D eigenvalue weighted by molar-refractivity contribution is 0.251. The van der Waals surface area contributed by atoms with Crippen molar-refractivity contribution >= 4 is 11.8 Å². The van der Waals surface area contributed by atoms with Crippen LogP contribution in [0.5, 0.6) is 0 Å². The number of aromatic nitrogens is 2. The van der Waals surface area contributed by atoms with E-state index in [1.54, 1.807) is 6.20 Å². The van der Waals surface area contributed by atoms with Gasteiger partial charge in [-0.2, -0.15) is 4.98 Å². The second-order valence-electron chi connectivity index (χ2n) is 5.58. The summed E-state index contributed by atoms with van der Waals surface area (Å²) >= 11 is 0. The van der Waals surface area contributed by atoms with E-state index in [1.165, 1.54) is 25.7 Å². The van der Waals surface area contributed by atoms with Crippen molar-refractivity contribution in [3.05, 3.63) is 11.8 Å². The van der Waals surface area contributed by atoms with E-state index in [4.69, 9.17) is 5.73 Å². The zero-order valence-corrected chi connectivity index (χ0v) is 12.3. The maximum absolute atomic E-state index is 5.66. The van der Waals surface area contributed by atoms with Crippen LogP contribution in [0.2, 0.25) is 0 Å². The fourth-order valence-electron chi connectivity index (χ4n) is 2.77. The van der Waals surface area contributed by atoms with Crippen molar-refractivity contribution in [1.82, 2.24) is 14.9 Å². The SMILES string of the molecule is Cc1cnc(N)nc1N(C)CCN(C)C1CCCC1. The molecular weight excluding hydrogens is 238 g/mol. The molecule has 0 radical (unpaired) electrons. The lowest BCUT2D eigenvalue weighted by Gasteiger charge is -2.27. The average molecular weight is 263 g/mol. The molecule has 0 atom stereocenters. The lowest BCUT2D eigenvalue weighted by atomic mass is 10.2. The highest BCUT2D eigenvalue weighted by Gasteiger charge is 2.19. The van der Waals surface area contributed by atoms with Gasteiger partial charge in [-0.25, -0.2) is 4.98 Å². The third-order valence-corrected chi connectivity index (χ3v) is 4.06. The molecule has 1 aromatic rings. The number of likely N-dealkylation sites (N-methyl/N-ethyl adjacent to an activating group) is 2. The van der Waals surface area contributed by atoms with Crippen molar-refractivity contribution in [2.24, 2.45) is 0 Å². The normalized spacial score (nSPS) is 16.2. The molecule has 106 valence electrons. The number of nitrogens with two attached hydrogens (primary N) is 1. The Balaban J connectivity index is 1.89. The Labute approximate surface area is 115 Å². The Morgan fingerprint density at radius 1 is 1.26 bits per heavy atom. The molecule has 0 saturated heterocycles. The van der Waals surface area contributed by atoms with Gasteiger partial charge in [0.05, 0.1) is 0 Å². The van der Waals surface area contributed by atoms with Gasteiger partial charge in [0.15, 0.2) is 0 Å². The number of hydrogen-bond donors (Lipinski definition) is 1. The number of hydrogen-bond acceptors (Lipinski definition) is 5. The smallest absolute Gasteiger partial charge is 0.221 e. The van der Waals surface area contributed by atoms with Crippen LogP contribution in [0, 0.1) is 6.92 Å². The molecular formula is C14H25N5. The molecule has 0 aromatic carbocycles. The van der Waals surface area contributed by atoms with E-state index in [2.05, 4.69) is 33.9 Å². The van der Waals surface area contributed by atoms with Gasteiger partial charge in [0.2, 0.25) is 5.95 Å². The number of aryl methyl sites for hydroxylation is 1. The third-order valence-electron chi connectivity index (χ3n) is 4.06. The van der Waals surface area contributed by atoms with Gasteiger partial charge in [-0.3, -0.25) is 0 Å². The summed E-state index contributed by atoms with van der Waals surface area (Å²) in [5, 5.41) is 0. The van der Waals surface area contributed by atoms with Crippen LogP contribution in [0.4, 0.5) is 11.8 Å². The summed E-state index contributed by atoms with van der Waals surface area (Å²) in [7, 11) is 4.29. The number of rotatable bonds is 5. The molecule has 5 nitrogen and oxygen atoms in total. The Hall–Kier alpha value is -1.36. The molecule has 0 aliphatic heterocycles. The van der Waals surface area contributed by atoms with Crippen LogP contribution in [0.3, 0.4) is 0 Å². The molecule has 1 heterocycles. The number of nitrogens with zero attached hydrogens (tertiary/aromatic N) is 4. The van der Waals surface area contributed by atoms with Gasteiger partial charge in [0.1, 0.15) is 5.82 Å². The Bertz CT molecular complexity index is 414. The summed E-state index contributed by atoms with van der Waals surface area (Å²) in [6, 6.07) is 0.768. The molecule has 1 fully saturated rings. The van der Waals surface area contributed by atoms with E-state index in [1.807, 2.05) is 6.92 Å². The highest BCUT2D eigenvalue weighted by Crippen LogP contribution is 2.22. The first kappa shape index (κ1) is 14.1. The van der Waals surface area contributed by atoms with Crippen molar-refractivity contribution in [1.29, 1.82) is 0 Å². The first-order chi connectivity index (χ1) is 9.08. The molecule has 19 heavy (non-hydrogen) atoms. The van der Waals surface area contributed by atoms with Gasteiger partial charge >= 0.3 is 0 Å². The minimum atomic E-state index is 0.344. The second-order valence-corrected chi connectivity index (χ2v) is 5.58. The van der Waals surface area contributed by atoms with Crippen LogP contribution in [0.1, 0.15) is 31.2 Å². The highest BCUT2D eigenvalue weighted by atomic mass is 15.2. The Morgan fingerprint density at radius 2 is 1.95 bits per heavy atom. The summed E-state index contributed by atoms with van der Waals surface area (Å²) < 4.78 is 0. The predicted octanol–water partition coefficient (Wildman–Crippen LogP) is 1.68. The van der Waals surface area contributed by atoms with E-state index >= 15 is 0 Å². The molecule has 1 aliphatic rings. The van der Waals surface area contributed by atoms with Crippen molar-refractivity contribution in [2.45, 2.75) is 38.6 Å². The zero-order chi connectivity index (χ0) is 13.8. The standard InChI is InChI=1S/C14H25N5/c1-11-10-16-14(15)17-13(11)19(3)9-8-18(2)12-6-4-5-7-12/h10,12H,4-9H2,1-3H3,(H2,15,16,17). The molecule has 5 heteroatoms. The van der Waals surface area contributed by atoms with Crippen molar-refractivity contribution in [2.75, 3.05) is 37.8 Å². The van der Waals surface area contributed by atoms with Gasteiger partial charge in [-0.05, 0) is 26.8 Å². The van der Waals surface area contributed by atoms with Crippen LogP contribution in [-0.2, 0) is 0 Å². The second kappa shape index (κ2) is 6.19. The van der Waals surface area contributed by atoms with Gasteiger partial charge in [-0.15, -0.1) is 0 Å². The minimum Gasteiger partial charge on any atom is -0.368 e. The summed E-state index contributed by atoms with van der Waals surface area (Å²) in [5.74, 6) is 1.28. The summed E-state index contributed by atoms with van der Waals surface area (Å²) in [6.45, 7) is 4.04. The molecule has 0 bridgehead atoms. The molecule has 1 aliphatic carbocycles. The first-order valence-electron chi connectivity index (χ1n) is 7.08. The van der Waals surface area contributed by atoms with E-state index in [9.17, 15) is 0 Å². The van der Waals surface area contributed by atoms with Crippen molar-refractivity contribution in [3.8, 4) is 0 Å². The summed E-state index contributed by atoms with van der Waals surface area (Å²) in [5.41, 5.74) is 6.73. The van der Waals surface area contributed by atoms with Crippen LogP contribution >= 0.6 is 0 Å². The maximum atomic E-state index is 5.66. The molecule has 0 unspecified atom stereocenters. The molecule has 2 N–H and O–H groups in total. The van der Waals surface area contributed by atoms with Gasteiger partial charge in [0, 0.05) is 37.9 Å². The summed E-state index contributed by atoms with van der Waals surface area (Å²) in [6.07, 6.45) is 7.24. The van der Waals surface area contributed by atoms with Gasteiger partial charge in [-0.1, -0.05) is 12.8 Å². The summed E-state index contributed by atoms with van der Waals surface area (Å²) in [4.78, 5) is 13.0. The molecule has 2 rings (SSSR count). The highest BCUT2D eigenvalue weighted by molar-refractivity contribution is 5.47. The number of nitrogen functional groups attached to an aromatic ring is 1. The Morgan fingerprint density at radius 3 is 2.63 bits per heavy atom. The molecule has 0 spiro atoms. The van der Waals surface area contributed by atoms with E-state index in [0.717, 1.165) is 30.5 Å².